The van der Waals surface area contributed by atoms with E-state index in [-0.39, 0.29) is 18.4 Å². The fourth-order valence-corrected chi connectivity index (χ4v) is 4.75. The Bertz CT molecular complexity index is 901. The molecule has 146 valence electrons. The number of amides is 4. The van der Waals surface area contributed by atoms with Gasteiger partial charge in [-0.25, -0.2) is 4.79 Å². The SMILES string of the molecule is CC1CCC2(CC1)NC(=O)N(CC(=O)Nc1ccccc1-c1cccs1)C2=O. The average Bonchev–Trinajstić information content (AvgIpc) is 3.29. The van der Waals surface area contributed by atoms with Gasteiger partial charge in [0.25, 0.3) is 5.91 Å². The van der Waals surface area contributed by atoms with Crippen molar-refractivity contribution >= 4 is 34.9 Å². The first kappa shape index (κ1) is 18.7. The van der Waals surface area contributed by atoms with Gasteiger partial charge in [-0.15, -0.1) is 11.3 Å². The van der Waals surface area contributed by atoms with Crippen molar-refractivity contribution in [2.75, 3.05) is 11.9 Å². The molecule has 1 spiro atoms. The van der Waals surface area contributed by atoms with E-state index in [0.717, 1.165) is 28.2 Å². The van der Waals surface area contributed by atoms with Crippen LogP contribution in [-0.2, 0) is 9.59 Å². The zero-order chi connectivity index (χ0) is 19.7. The summed E-state index contributed by atoms with van der Waals surface area (Å²) in [5.41, 5.74) is 0.766. The lowest BCUT2D eigenvalue weighted by Crippen LogP contribution is -2.49. The molecule has 2 N–H and O–H groups in total. The van der Waals surface area contributed by atoms with Crippen molar-refractivity contribution in [3.63, 3.8) is 0 Å². The zero-order valence-corrected chi connectivity index (χ0v) is 16.6. The summed E-state index contributed by atoms with van der Waals surface area (Å²) in [6, 6.07) is 11.0. The Hall–Kier alpha value is -2.67. The Labute approximate surface area is 167 Å². The molecule has 1 aromatic heterocycles. The molecule has 1 aliphatic heterocycles. The predicted octanol–water partition coefficient (Wildman–Crippen LogP) is 3.85. The minimum atomic E-state index is -0.821. The van der Waals surface area contributed by atoms with Crippen molar-refractivity contribution < 1.29 is 14.4 Å². The summed E-state index contributed by atoms with van der Waals surface area (Å²) in [6.07, 6.45) is 3.08. The number of carbonyl (C=O) groups excluding carboxylic acids is 3. The molecule has 4 rings (SSSR count). The van der Waals surface area contributed by atoms with Crippen molar-refractivity contribution in [1.82, 2.24) is 10.2 Å². The predicted molar refractivity (Wildman–Crippen MR) is 109 cm³/mol. The number of nitrogens with zero attached hydrogens (tertiary/aromatic N) is 1. The van der Waals surface area contributed by atoms with Crippen LogP contribution in [-0.4, -0.2) is 34.8 Å². The lowest BCUT2D eigenvalue weighted by molar-refractivity contribution is -0.135. The van der Waals surface area contributed by atoms with E-state index in [1.54, 1.807) is 11.3 Å². The van der Waals surface area contributed by atoms with Gasteiger partial charge in [-0.3, -0.25) is 14.5 Å². The monoisotopic (exact) mass is 397 g/mol. The van der Waals surface area contributed by atoms with Crippen molar-refractivity contribution in [3.8, 4) is 10.4 Å². The topological polar surface area (TPSA) is 78.5 Å². The first-order chi connectivity index (χ1) is 13.5. The fraction of sp³-hybridized carbons (Fsp3) is 0.381. The lowest BCUT2D eigenvalue weighted by atomic mass is 9.77. The van der Waals surface area contributed by atoms with Crippen molar-refractivity contribution in [1.29, 1.82) is 0 Å². The molecule has 2 aliphatic rings. The molecule has 0 radical (unpaired) electrons. The van der Waals surface area contributed by atoms with E-state index in [9.17, 15) is 14.4 Å². The summed E-state index contributed by atoms with van der Waals surface area (Å²) >= 11 is 1.59. The number of imide groups is 1. The third kappa shape index (κ3) is 3.42. The third-order valence-electron chi connectivity index (χ3n) is 5.66. The Morgan fingerprint density at radius 2 is 1.96 bits per heavy atom. The van der Waals surface area contributed by atoms with Gasteiger partial charge < -0.3 is 10.6 Å². The molecule has 1 saturated heterocycles. The molecule has 0 atom stereocenters. The number of hydrogen-bond donors (Lipinski definition) is 2. The highest BCUT2D eigenvalue weighted by Crippen LogP contribution is 2.36. The van der Waals surface area contributed by atoms with E-state index in [1.165, 1.54) is 0 Å². The molecule has 6 nitrogen and oxygen atoms in total. The maximum absolute atomic E-state index is 12.9. The minimum absolute atomic E-state index is 0.272. The van der Waals surface area contributed by atoms with Gasteiger partial charge in [0.2, 0.25) is 5.91 Å². The van der Waals surface area contributed by atoms with Gasteiger partial charge in [0.1, 0.15) is 12.1 Å². The van der Waals surface area contributed by atoms with Crippen LogP contribution in [0.5, 0.6) is 0 Å². The smallest absolute Gasteiger partial charge is 0.324 e. The summed E-state index contributed by atoms with van der Waals surface area (Å²) < 4.78 is 0. The van der Waals surface area contributed by atoms with Crippen LogP contribution in [0, 0.1) is 5.92 Å². The van der Waals surface area contributed by atoms with Crippen LogP contribution in [0.25, 0.3) is 10.4 Å². The van der Waals surface area contributed by atoms with Gasteiger partial charge in [-0.05, 0) is 49.1 Å². The molecule has 28 heavy (non-hydrogen) atoms. The maximum atomic E-state index is 12.9. The number of anilines is 1. The van der Waals surface area contributed by atoms with Crippen LogP contribution < -0.4 is 10.6 Å². The molecule has 2 fully saturated rings. The largest absolute Gasteiger partial charge is 0.325 e. The molecule has 2 aromatic rings. The number of hydrogen-bond acceptors (Lipinski definition) is 4. The van der Waals surface area contributed by atoms with Gasteiger partial charge in [0, 0.05) is 16.1 Å². The third-order valence-corrected chi connectivity index (χ3v) is 6.57. The molecule has 1 aromatic carbocycles. The zero-order valence-electron chi connectivity index (χ0n) is 15.7. The Morgan fingerprint density at radius 1 is 1.21 bits per heavy atom. The van der Waals surface area contributed by atoms with E-state index in [4.69, 9.17) is 0 Å². The Morgan fingerprint density at radius 3 is 2.68 bits per heavy atom. The van der Waals surface area contributed by atoms with Crippen LogP contribution in [0.15, 0.2) is 41.8 Å². The lowest BCUT2D eigenvalue weighted by Gasteiger charge is -2.33. The molecular formula is C21H23N3O3S. The summed E-state index contributed by atoms with van der Waals surface area (Å²) in [5.74, 6) is -0.0961. The minimum Gasteiger partial charge on any atom is -0.324 e. The number of benzene rings is 1. The van der Waals surface area contributed by atoms with E-state index in [2.05, 4.69) is 17.6 Å². The quantitative estimate of drug-likeness (QED) is 0.769. The highest BCUT2D eigenvalue weighted by molar-refractivity contribution is 7.13. The molecule has 0 unspecified atom stereocenters. The molecule has 0 bridgehead atoms. The van der Waals surface area contributed by atoms with E-state index in [0.29, 0.717) is 24.4 Å². The summed E-state index contributed by atoms with van der Waals surface area (Å²) in [7, 11) is 0. The molecular weight excluding hydrogens is 374 g/mol. The Kier molecular flexibility index (Phi) is 4.93. The van der Waals surface area contributed by atoms with Gasteiger partial charge in [-0.1, -0.05) is 31.2 Å². The van der Waals surface area contributed by atoms with E-state index >= 15 is 0 Å². The number of thiophene rings is 1. The first-order valence-electron chi connectivity index (χ1n) is 9.55. The molecule has 1 aliphatic carbocycles. The first-order valence-corrected chi connectivity index (χ1v) is 10.4. The number of nitrogens with one attached hydrogen (secondary N) is 2. The van der Waals surface area contributed by atoms with Crippen LogP contribution in [0.1, 0.15) is 32.6 Å². The highest BCUT2D eigenvalue weighted by Gasteiger charge is 2.52. The van der Waals surface area contributed by atoms with E-state index < -0.39 is 11.6 Å². The standard InChI is InChI=1S/C21H23N3O3S/c1-14-8-10-21(11-9-14)19(26)24(20(27)23-21)13-18(25)22-16-6-3-2-5-15(16)17-7-4-12-28-17/h2-7,12,14H,8-11,13H2,1H3,(H,22,25)(H,23,27). The highest BCUT2D eigenvalue weighted by atomic mass is 32.1. The molecule has 4 amide bonds. The van der Waals surface area contributed by atoms with Crippen LogP contribution in [0.4, 0.5) is 10.5 Å². The van der Waals surface area contributed by atoms with Crippen molar-refractivity contribution in [3.05, 3.63) is 41.8 Å². The normalized spacial score (nSPS) is 24.5. The second-order valence-corrected chi connectivity index (χ2v) is 8.60. The van der Waals surface area contributed by atoms with Gasteiger partial charge >= 0.3 is 6.03 Å². The van der Waals surface area contributed by atoms with Crippen LogP contribution in [0.3, 0.4) is 0 Å². The van der Waals surface area contributed by atoms with Gasteiger partial charge in [0.05, 0.1) is 0 Å². The number of urea groups is 1. The molecule has 2 heterocycles. The summed E-state index contributed by atoms with van der Waals surface area (Å²) in [6.45, 7) is 1.88. The fourth-order valence-electron chi connectivity index (χ4n) is 3.99. The molecule has 7 heteroatoms. The summed E-state index contributed by atoms with van der Waals surface area (Å²) in [4.78, 5) is 40.0. The van der Waals surface area contributed by atoms with Gasteiger partial charge in [0.15, 0.2) is 0 Å². The number of carbonyl (C=O) groups is 3. The van der Waals surface area contributed by atoms with Gasteiger partial charge in [-0.2, -0.15) is 0 Å². The number of para-hydroxylation sites is 1. The average molecular weight is 398 g/mol. The number of rotatable bonds is 4. The molecule has 1 saturated carbocycles. The van der Waals surface area contributed by atoms with Crippen molar-refractivity contribution in [2.24, 2.45) is 5.92 Å². The van der Waals surface area contributed by atoms with Crippen LogP contribution >= 0.6 is 11.3 Å². The summed E-state index contributed by atoms with van der Waals surface area (Å²) in [5, 5.41) is 7.69. The second-order valence-electron chi connectivity index (χ2n) is 7.66. The van der Waals surface area contributed by atoms with Crippen LogP contribution in [0.2, 0.25) is 0 Å². The maximum Gasteiger partial charge on any atom is 0.325 e. The van der Waals surface area contributed by atoms with E-state index in [1.807, 2.05) is 41.8 Å². The second kappa shape index (κ2) is 7.39. The Balaban J connectivity index is 1.46. The van der Waals surface area contributed by atoms with Crippen molar-refractivity contribution in [2.45, 2.75) is 38.1 Å².